The molecule has 3 aromatic rings. The summed E-state index contributed by atoms with van der Waals surface area (Å²) >= 11 is 1.41. The van der Waals surface area contributed by atoms with Crippen molar-refractivity contribution in [1.29, 1.82) is 0 Å². The first-order chi connectivity index (χ1) is 12.2. The summed E-state index contributed by atoms with van der Waals surface area (Å²) in [6, 6.07) is 17.5. The van der Waals surface area contributed by atoms with E-state index >= 15 is 0 Å². The molecule has 1 heterocycles. The molecule has 1 aromatic heterocycles. The Labute approximate surface area is 151 Å². The van der Waals surface area contributed by atoms with E-state index in [0.29, 0.717) is 17.3 Å². The Balaban J connectivity index is 1.67. The maximum Gasteiger partial charge on any atom is 0.267 e. The Morgan fingerprint density at radius 2 is 1.88 bits per heavy atom. The first-order valence-corrected chi connectivity index (χ1v) is 9.09. The molecule has 1 N–H and O–H groups in total. The van der Waals surface area contributed by atoms with E-state index in [4.69, 9.17) is 4.74 Å². The molecule has 0 fully saturated rings. The number of anilines is 1. The normalized spacial score (nSPS) is 11.8. The summed E-state index contributed by atoms with van der Waals surface area (Å²) in [4.78, 5) is 17.0. The zero-order valence-electron chi connectivity index (χ0n) is 14.2. The van der Waals surface area contributed by atoms with Gasteiger partial charge in [0.2, 0.25) is 0 Å². The number of amides is 1. The minimum Gasteiger partial charge on any atom is -0.481 e. The lowest BCUT2D eigenvalue weighted by molar-refractivity contribution is -0.122. The van der Waals surface area contributed by atoms with E-state index in [0.717, 1.165) is 11.3 Å². The number of nitrogens with one attached hydrogen (secondary N) is 1. The van der Waals surface area contributed by atoms with Crippen LogP contribution in [0, 0.1) is 6.92 Å². The number of hydrogen-bond acceptors (Lipinski definition) is 4. The maximum atomic E-state index is 12.5. The molecule has 3 rings (SSSR count). The number of aryl methyl sites for hydroxylation is 1. The number of thiazole rings is 1. The summed E-state index contributed by atoms with van der Waals surface area (Å²) in [6.45, 7) is 3.97. The Kier molecular flexibility index (Phi) is 5.46. The van der Waals surface area contributed by atoms with Crippen molar-refractivity contribution in [2.45, 2.75) is 26.4 Å². The van der Waals surface area contributed by atoms with E-state index in [1.54, 1.807) is 0 Å². The lowest BCUT2D eigenvalue weighted by Crippen LogP contribution is -2.32. The van der Waals surface area contributed by atoms with Crippen LogP contribution in [0.15, 0.2) is 60.0 Å². The predicted octanol–water partition coefficient (Wildman–Crippen LogP) is 4.91. The molecule has 0 saturated carbocycles. The van der Waals surface area contributed by atoms with Gasteiger partial charge in [-0.15, -0.1) is 11.3 Å². The van der Waals surface area contributed by atoms with Crippen LogP contribution in [0.1, 0.15) is 18.9 Å². The van der Waals surface area contributed by atoms with Crippen LogP contribution in [0.5, 0.6) is 5.75 Å². The molecule has 0 unspecified atom stereocenters. The van der Waals surface area contributed by atoms with Crippen molar-refractivity contribution in [1.82, 2.24) is 4.98 Å². The number of ether oxygens (including phenoxy) is 1. The van der Waals surface area contributed by atoms with Crippen LogP contribution in [0.4, 0.5) is 5.13 Å². The highest BCUT2D eigenvalue weighted by atomic mass is 32.1. The molecule has 1 atom stereocenters. The van der Waals surface area contributed by atoms with E-state index in [9.17, 15) is 4.79 Å². The van der Waals surface area contributed by atoms with Crippen molar-refractivity contribution >= 4 is 22.4 Å². The maximum absolute atomic E-state index is 12.5. The van der Waals surface area contributed by atoms with Crippen molar-refractivity contribution in [2.24, 2.45) is 0 Å². The van der Waals surface area contributed by atoms with Gasteiger partial charge in [-0.1, -0.05) is 55.0 Å². The Morgan fingerprint density at radius 1 is 1.16 bits per heavy atom. The van der Waals surface area contributed by atoms with E-state index < -0.39 is 6.10 Å². The van der Waals surface area contributed by atoms with Gasteiger partial charge in [0.25, 0.3) is 5.91 Å². The quantitative estimate of drug-likeness (QED) is 0.685. The predicted molar refractivity (Wildman–Crippen MR) is 102 cm³/mol. The third-order valence-corrected chi connectivity index (χ3v) is 4.52. The summed E-state index contributed by atoms with van der Waals surface area (Å²) in [5.41, 5.74) is 3.10. The lowest BCUT2D eigenvalue weighted by atomic mass is 10.1. The molecule has 0 bridgehead atoms. The largest absolute Gasteiger partial charge is 0.481 e. The van der Waals surface area contributed by atoms with Gasteiger partial charge in [0.1, 0.15) is 5.75 Å². The minimum absolute atomic E-state index is 0.184. The van der Waals surface area contributed by atoms with Crippen molar-refractivity contribution in [2.75, 3.05) is 5.32 Å². The highest BCUT2D eigenvalue weighted by molar-refractivity contribution is 7.14. The van der Waals surface area contributed by atoms with Gasteiger partial charge in [0.15, 0.2) is 11.2 Å². The molecule has 0 radical (unpaired) electrons. The van der Waals surface area contributed by atoms with Crippen molar-refractivity contribution in [3.05, 3.63) is 65.5 Å². The van der Waals surface area contributed by atoms with E-state index in [1.165, 1.54) is 16.9 Å². The zero-order valence-corrected chi connectivity index (χ0v) is 15.0. The molecule has 25 heavy (non-hydrogen) atoms. The fraction of sp³-hybridized carbons (Fsp3) is 0.200. The van der Waals surface area contributed by atoms with Crippen LogP contribution in [-0.2, 0) is 4.79 Å². The third kappa shape index (κ3) is 4.45. The first kappa shape index (κ1) is 17.2. The summed E-state index contributed by atoms with van der Waals surface area (Å²) < 4.78 is 5.77. The fourth-order valence-electron chi connectivity index (χ4n) is 2.36. The fourth-order valence-corrected chi connectivity index (χ4v) is 3.08. The van der Waals surface area contributed by atoms with Crippen LogP contribution in [0.25, 0.3) is 11.3 Å². The second kappa shape index (κ2) is 7.94. The molecule has 0 aliphatic heterocycles. The summed E-state index contributed by atoms with van der Waals surface area (Å²) in [7, 11) is 0. The van der Waals surface area contributed by atoms with Crippen LogP contribution in [0.2, 0.25) is 0 Å². The molecule has 5 heteroatoms. The molecule has 0 aliphatic rings. The monoisotopic (exact) mass is 352 g/mol. The van der Waals surface area contributed by atoms with Crippen LogP contribution in [-0.4, -0.2) is 17.0 Å². The van der Waals surface area contributed by atoms with Crippen LogP contribution < -0.4 is 10.1 Å². The molecule has 0 saturated heterocycles. The molecule has 128 valence electrons. The van der Waals surface area contributed by atoms with E-state index in [1.807, 2.05) is 73.8 Å². The summed E-state index contributed by atoms with van der Waals surface area (Å²) in [5, 5.41) is 5.38. The third-order valence-electron chi connectivity index (χ3n) is 3.77. The van der Waals surface area contributed by atoms with Crippen LogP contribution in [0.3, 0.4) is 0 Å². The second-order valence-corrected chi connectivity index (χ2v) is 6.58. The van der Waals surface area contributed by atoms with Crippen molar-refractivity contribution in [3.8, 4) is 17.0 Å². The number of hydrogen-bond donors (Lipinski definition) is 1. The lowest BCUT2D eigenvalue weighted by Gasteiger charge is -2.16. The zero-order chi connectivity index (χ0) is 17.6. The van der Waals surface area contributed by atoms with Crippen molar-refractivity contribution in [3.63, 3.8) is 0 Å². The standard InChI is InChI=1S/C20H20N2O2S/c1-3-18(24-16-7-5-4-6-8-16)19(23)22-20-21-17(13-25-20)15-11-9-14(2)10-12-15/h4-13,18H,3H2,1-2H3,(H,21,22,23)/t18-/m1/s1. The topological polar surface area (TPSA) is 51.2 Å². The molecule has 0 aliphatic carbocycles. The second-order valence-electron chi connectivity index (χ2n) is 5.72. The number of nitrogens with zero attached hydrogens (tertiary/aromatic N) is 1. The Morgan fingerprint density at radius 3 is 2.56 bits per heavy atom. The minimum atomic E-state index is -0.547. The molecule has 2 aromatic carbocycles. The van der Waals surface area contributed by atoms with Gasteiger partial charge in [0, 0.05) is 10.9 Å². The highest BCUT2D eigenvalue weighted by Gasteiger charge is 2.19. The smallest absolute Gasteiger partial charge is 0.267 e. The number of carbonyl (C=O) groups excluding carboxylic acids is 1. The van der Waals surface area contributed by atoms with Gasteiger partial charge in [-0.3, -0.25) is 10.1 Å². The molecule has 4 nitrogen and oxygen atoms in total. The SMILES string of the molecule is CC[C@@H](Oc1ccccc1)C(=O)Nc1nc(-c2ccc(C)cc2)cs1. The highest BCUT2D eigenvalue weighted by Crippen LogP contribution is 2.25. The van der Waals surface area contributed by atoms with Crippen LogP contribution >= 0.6 is 11.3 Å². The van der Waals surface area contributed by atoms with E-state index in [-0.39, 0.29) is 5.91 Å². The van der Waals surface area contributed by atoms with Gasteiger partial charge in [-0.25, -0.2) is 4.98 Å². The number of rotatable bonds is 6. The first-order valence-electron chi connectivity index (χ1n) is 8.21. The van der Waals surface area contributed by atoms with Gasteiger partial charge < -0.3 is 4.74 Å². The number of carbonyl (C=O) groups is 1. The molecule has 1 amide bonds. The van der Waals surface area contributed by atoms with Gasteiger partial charge in [-0.05, 0) is 25.5 Å². The number of para-hydroxylation sites is 1. The molecular weight excluding hydrogens is 332 g/mol. The van der Waals surface area contributed by atoms with E-state index in [2.05, 4.69) is 10.3 Å². The molecular formula is C20H20N2O2S. The summed E-state index contributed by atoms with van der Waals surface area (Å²) in [5.74, 6) is 0.500. The van der Waals surface area contributed by atoms with Gasteiger partial charge in [-0.2, -0.15) is 0 Å². The average molecular weight is 352 g/mol. The molecule has 0 spiro atoms. The van der Waals surface area contributed by atoms with Gasteiger partial charge in [0.05, 0.1) is 5.69 Å². The number of benzene rings is 2. The van der Waals surface area contributed by atoms with Gasteiger partial charge >= 0.3 is 0 Å². The van der Waals surface area contributed by atoms with Crippen molar-refractivity contribution < 1.29 is 9.53 Å². The Hall–Kier alpha value is -2.66. The Bertz CT molecular complexity index is 828. The summed E-state index contributed by atoms with van der Waals surface area (Å²) in [6.07, 6.45) is 0.0332. The average Bonchev–Trinajstić information content (AvgIpc) is 3.09. The number of aromatic nitrogens is 1.